The second-order valence-corrected chi connectivity index (χ2v) is 6.17. The number of nitrogens with one attached hydrogen (secondary N) is 2. The Labute approximate surface area is 117 Å². The molecule has 0 aromatic carbocycles. The summed E-state index contributed by atoms with van der Waals surface area (Å²) >= 11 is 0. The summed E-state index contributed by atoms with van der Waals surface area (Å²) in [6.07, 6.45) is 2.96. The number of carbonyl (C=O) groups excluding carboxylic acids is 2. The van der Waals surface area contributed by atoms with Crippen molar-refractivity contribution in [3.05, 3.63) is 0 Å². The van der Waals surface area contributed by atoms with E-state index in [1.165, 1.54) is 0 Å². The predicted molar refractivity (Wildman–Crippen MR) is 71.1 cm³/mol. The van der Waals surface area contributed by atoms with Gasteiger partial charge in [-0.1, -0.05) is 20.3 Å². The van der Waals surface area contributed by atoms with E-state index in [9.17, 15) is 14.4 Å². The average Bonchev–Trinajstić information content (AvgIpc) is 2.68. The first-order chi connectivity index (χ1) is 9.31. The number of nitrogens with zero attached hydrogens (tertiary/aromatic N) is 1. The van der Waals surface area contributed by atoms with Crippen molar-refractivity contribution in [3.63, 3.8) is 0 Å². The van der Waals surface area contributed by atoms with Gasteiger partial charge in [0.1, 0.15) is 12.6 Å². The summed E-state index contributed by atoms with van der Waals surface area (Å²) in [6.45, 7) is 3.91. The van der Waals surface area contributed by atoms with Crippen molar-refractivity contribution >= 4 is 17.9 Å². The van der Waals surface area contributed by atoms with E-state index >= 15 is 0 Å². The Kier molecular flexibility index (Phi) is 3.87. The minimum absolute atomic E-state index is 0.00637. The first-order valence-corrected chi connectivity index (χ1v) is 6.88. The van der Waals surface area contributed by atoms with Gasteiger partial charge < -0.3 is 15.7 Å². The van der Waals surface area contributed by atoms with Crippen molar-refractivity contribution in [2.24, 2.45) is 5.41 Å². The number of carboxylic acids is 1. The van der Waals surface area contributed by atoms with Gasteiger partial charge in [-0.15, -0.1) is 0 Å². The van der Waals surface area contributed by atoms with Crippen LogP contribution in [0.1, 0.15) is 33.1 Å². The Morgan fingerprint density at radius 2 is 2.15 bits per heavy atom. The number of carbonyl (C=O) groups is 3. The van der Waals surface area contributed by atoms with Crippen LogP contribution >= 0.6 is 0 Å². The molecule has 2 rings (SSSR count). The molecule has 0 radical (unpaired) electrons. The fraction of sp³-hybridized carbons (Fsp3) is 0.769. The molecule has 0 aromatic heterocycles. The highest BCUT2D eigenvalue weighted by atomic mass is 16.4. The molecule has 1 heterocycles. The molecule has 2 aliphatic rings. The van der Waals surface area contributed by atoms with Crippen molar-refractivity contribution < 1.29 is 19.5 Å². The summed E-state index contributed by atoms with van der Waals surface area (Å²) in [5.74, 6) is -1.44. The largest absolute Gasteiger partial charge is 0.480 e. The van der Waals surface area contributed by atoms with E-state index in [1.54, 1.807) is 0 Å². The van der Waals surface area contributed by atoms with Crippen molar-refractivity contribution in [1.82, 2.24) is 15.5 Å². The topological polar surface area (TPSA) is 98.7 Å². The molecule has 1 aliphatic heterocycles. The van der Waals surface area contributed by atoms with Gasteiger partial charge in [-0.25, -0.2) is 9.59 Å². The number of aliphatic carboxylic acids is 1. The molecular formula is C13H21N3O4. The molecule has 2 fully saturated rings. The molecule has 0 aromatic rings. The highest BCUT2D eigenvalue weighted by molar-refractivity contribution is 5.90. The molecule has 7 heteroatoms. The predicted octanol–water partition coefficient (Wildman–Crippen LogP) is 0.160. The molecule has 3 N–H and O–H groups in total. The number of piperazine rings is 1. The Morgan fingerprint density at radius 1 is 1.45 bits per heavy atom. The van der Waals surface area contributed by atoms with Crippen LogP contribution in [0.5, 0.6) is 0 Å². The van der Waals surface area contributed by atoms with Gasteiger partial charge in [-0.2, -0.15) is 0 Å². The smallest absolute Gasteiger partial charge is 0.328 e. The van der Waals surface area contributed by atoms with Crippen LogP contribution in [0.25, 0.3) is 0 Å². The lowest BCUT2D eigenvalue weighted by atomic mass is 9.87. The van der Waals surface area contributed by atoms with Crippen molar-refractivity contribution in [2.75, 3.05) is 13.1 Å². The SMILES string of the molecule is CC1(C)CCCC1NC(=O)N1CC(=O)NCC1C(=O)O. The van der Waals surface area contributed by atoms with E-state index < -0.39 is 18.0 Å². The van der Waals surface area contributed by atoms with Crippen molar-refractivity contribution in [3.8, 4) is 0 Å². The fourth-order valence-electron chi connectivity index (χ4n) is 2.90. The Bertz CT molecular complexity index is 435. The molecule has 2 atom stereocenters. The average molecular weight is 283 g/mol. The van der Waals surface area contributed by atoms with Gasteiger partial charge in [-0.05, 0) is 18.3 Å². The van der Waals surface area contributed by atoms with Crippen LogP contribution in [-0.2, 0) is 9.59 Å². The highest BCUT2D eigenvalue weighted by Gasteiger charge is 2.40. The maximum atomic E-state index is 12.3. The summed E-state index contributed by atoms with van der Waals surface area (Å²) in [6, 6.07) is -1.45. The third-order valence-corrected chi connectivity index (χ3v) is 4.28. The minimum Gasteiger partial charge on any atom is -0.480 e. The van der Waals surface area contributed by atoms with E-state index in [0.717, 1.165) is 24.2 Å². The van der Waals surface area contributed by atoms with Gasteiger partial charge in [0.2, 0.25) is 5.91 Å². The van der Waals surface area contributed by atoms with Gasteiger partial charge in [0.05, 0.1) is 0 Å². The molecule has 0 bridgehead atoms. The molecule has 1 aliphatic carbocycles. The number of hydrogen-bond acceptors (Lipinski definition) is 3. The Balaban J connectivity index is 2.06. The zero-order valence-corrected chi connectivity index (χ0v) is 11.8. The van der Waals surface area contributed by atoms with Crippen LogP contribution in [0.4, 0.5) is 4.79 Å². The summed E-state index contributed by atoms with van der Waals surface area (Å²) < 4.78 is 0. The van der Waals surface area contributed by atoms with Gasteiger partial charge in [0.15, 0.2) is 0 Å². The Morgan fingerprint density at radius 3 is 2.70 bits per heavy atom. The number of hydrogen-bond donors (Lipinski definition) is 3. The van der Waals surface area contributed by atoms with E-state index in [1.807, 2.05) is 0 Å². The lowest BCUT2D eigenvalue weighted by molar-refractivity contribution is -0.144. The molecule has 20 heavy (non-hydrogen) atoms. The van der Waals surface area contributed by atoms with Gasteiger partial charge in [0.25, 0.3) is 0 Å². The zero-order chi connectivity index (χ0) is 14.9. The van der Waals surface area contributed by atoms with Crippen LogP contribution in [0.15, 0.2) is 0 Å². The molecule has 0 spiro atoms. The molecule has 3 amide bonds. The molecule has 1 saturated carbocycles. The second kappa shape index (κ2) is 5.30. The van der Waals surface area contributed by atoms with Gasteiger partial charge in [-0.3, -0.25) is 9.69 Å². The standard InChI is InChI=1S/C13H21N3O4/c1-13(2)5-3-4-9(13)15-12(20)16-7-10(17)14-6-8(16)11(18)19/h8-9H,3-7H2,1-2H3,(H,14,17)(H,15,20)(H,18,19). The van der Waals surface area contributed by atoms with Gasteiger partial charge >= 0.3 is 12.0 Å². The lowest BCUT2D eigenvalue weighted by Crippen LogP contribution is -2.62. The molecule has 7 nitrogen and oxygen atoms in total. The number of amides is 3. The van der Waals surface area contributed by atoms with Crippen LogP contribution < -0.4 is 10.6 Å². The van der Waals surface area contributed by atoms with Crippen molar-refractivity contribution in [1.29, 1.82) is 0 Å². The summed E-state index contributed by atoms with van der Waals surface area (Å²) in [5, 5.41) is 14.5. The minimum atomic E-state index is -1.11. The van der Waals surface area contributed by atoms with Crippen LogP contribution in [0, 0.1) is 5.41 Å². The third kappa shape index (κ3) is 2.86. The number of urea groups is 1. The van der Waals surface area contributed by atoms with E-state index in [2.05, 4.69) is 24.5 Å². The number of carboxylic acid groups (broad SMARTS) is 1. The van der Waals surface area contributed by atoms with Gasteiger partial charge in [0, 0.05) is 12.6 Å². The molecule has 1 saturated heterocycles. The summed E-state index contributed by atoms with van der Waals surface area (Å²) in [7, 11) is 0. The fourth-order valence-corrected chi connectivity index (χ4v) is 2.90. The van der Waals surface area contributed by atoms with E-state index in [0.29, 0.717) is 0 Å². The first-order valence-electron chi connectivity index (χ1n) is 6.88. The monoisotopic (exact) mass is 283 g/mol. The number of rotatable bonds is 2. The highest BCUT2D eigenvalue weighted by Crippen LogP contribution is 2.37. The summed E-state index contributed by atoms with van der Waals surface area (Å²) in [4.78, 5) is 35.9. The second-order valence-electron chi connectivity index (χ2n) is 6.17. The lowest BCUT2D eigenvalue weighted by Gasteiger charge is -2.35. The van der Waals surface area contributed by atoms with Crippen molar-refractivity contribution in [2.45, 2.75) is 45.2 Å². The van der Waals surface area contributed by atoms with Crippen LogP contribution in [0.2, 0.25) is 0 Å². The molecular weight excluding hydrogens is 262 g/mol. The normalized spacial score (nSPS) is 28.9. The molecule has 112 valence electrons. The first kappa shape index (κ1) is 14.6. The maximum Gasteiger partial charge on any atom is 0.328 e. The maximum absolute atomic E-state index is 12.3. The zero-order valence-electron chi connectivity index (χ0n) is 11.8. The Hall–Kier alpha value is -1.79. The van der Waals surface area contributed by atoms with E-state index in [4.69, 9.17) is 5.11 Å². The molecule has 2 unspecified atom stereocenters. The van der Waals surface area contributed by atoms with E-state index in [-0.39, 0.29) is 30.5 Å². The quantitative estimate of drug-likeness (QED) is 0.672. The summed E-state index contributed by atoms with van der Waals surface area (Å²) in [5.41, 5.74) is 0.00637. The van der Waals surface area contributed by atoms with Crippen LogP contribution in [-0.4, -0.2) is 53.1 Å². The van der Waals surface area contributed by atoms with Crippen LogP contribution in [0.3, 0.4) is 0 Å². The third-order valence-electron chi connectivity index (χ3n) is 4.28.